The number of carbonyl (C=O) groups excluding carboxylic acids is 2. The lowest BCUT2D eigenvalue weighted by Gasteiger charge is -2.25. The third-order valence-electron chi connectivity index (χ3n) is 6.50. The fraction of sp³-hybridized carbons (Fsp3) is 0.259. The van der Waals surface area contributed by atoms with E-state index >= 15 is 0 Å². The summed E-state index contributed by atoms with van der Waals surface area (Å²) >= 11 is 1.13. The van der Waals surface area contributed by atoms with E-state index in [1.165, 1.54) is 23.7 Å². The zero-order chi connectivity index (χ0) is 26.4. The second kappa shape index (κ2) is 9.36. The van der Waals surface area contributed by atoms with Crippen LogP contribution in [0.4, 0.5) is 5.69 Å². The highest BCUT2D eigenvalue weighted by Crippen LogP contribution is 2.37. The summed E-state index contributed by atoms with van der Waals surface area (Å²) in [6.45, 7) is 3.60. The van der Waals surface area contributed by atoms with Gasteiger partial charge < -0.3 is 19.1 Å². The van der Waals surface area contributed by atoms with Crippen molar-refractivity contribution in [1.29, 1.82) is 0 Å². The lowest BCUT2D eigenvalue weighted by atomic mass is 9.95. The monoisotopic (exact) mass is 519 g/mol. The predicted octanol–water partition coefficient (Wildman–Crippen LogP) is 2.16. The Hall–Kier alpha value is -4.18. The van der Waals surface area contributed by atoms with Gasteiger partial charge in [-0.1, -0.05) is 35.6 Å². The second-order valence-corrected chi connectivity index (χ2v) is 9.47. The summed E-state index contributed by atoms with van der Waals surface area (Å²) in [5.74, 6) is 0.124. The third kappa shape index (κ3) is 3.75. The summed E-state index contributed by atoms with van der Waals surface area (Å²) < 4.78 is 17.9. The van der Waals surface area contributed by atoms with Gasteiger partial charge in [-0.15, -0.1) is 0 Å². The van der Waals surface area contributed by atoms with Crippen molar-refractivity contribution in [2.75, 3.05) is 32.8 Å². The molecule has 0 saturated heterocycles. The van der Waals surface area contributed by atoms with Crippen LogP contribution < -0.4 is 29.3 Å². The van der Waals surface area contributed by atoms with Crippen molar-refractivity contribution in [2.45, 2.75) is 19.9 Å². The zero-order valence-corrected chi connectivity index (χ0v) is 21.8. The van der Waals surface area contributed by atoms with Crippen molar-refractivity contribution in [1.82, 2.24) is 4.57 Å². The quantitative estimate of drug-likeness (QED) is 0.479. The average Bonchev–Trinajstić information content (AvgIpc) is 3.35. The van der Waals surface area contributed by atoms with Gasteiger partial charge in [-0.3, -0.25) is 14.2 Å². The summed E-state index contributed by atoms with van der Waals surface area (Å²) in [7, 11) is 4.73. The Morgan fingerprint density at radius 1 is 1.08 bits per heavy atom. The van der Waals surface area contributed by atoms with Gasteiger partial charge >= 0.3 is 5.97 Å². The van der Waals surface area contributed by atoms with E-state index in [0.717, 1.165) is 17.0 Å². The lowest BCUT2D eigenvalue weighted by Crippen LogP contribution is -2.40. The molecule has 0 saturated carbocycles. The highest BCUT2D eigenvalue weighted by atomic mass is 32.1. The average molecular weight is 520 g/mol. The number of allylic oxidation sites excluding steroid dienone is 1. The standard InChI is InChI=1S/C27H25N3O6S/c1-6-36-26(33)20-14(2)28-27-30(22(20)15-11-12-18(34-4)19(13-15)35-5)25(32)23(37-27)21-16-9-7-8-10-17(16)29(3)24(21)31/h7-13,22H,6H2,1-5H3/t22-/m0/s1. The Bertz CT molecular complexity index is 1670. The van der Waals surface area contributed by atoms with Crippen molar-refractivity contribution in [3.05, 3.63) is 84.5 Å². The van der Waals surface area contributed by atoms with Gasteiger partial charge in [-0.05, 0) is 37.6 Å². The molecule has 190 valence electrons. The van der Waals surface area contributed by atoms with E-state index in [1.807, 2.05) is 24.3 Å². The van der Waals surface area contributed by atoms with Crippen LogP contribution in [0.1, 0.15) is 31.0 Å². The number of esters is 1. The van der Waals surface area contributed by atoms with E-state index in [4.69, 9.17) is 14.2 Å². The lowest BCUT2D eigenvalue weighted by molar-refractivity contribution is -0.139. The molecule has 1 atom stereocenters. The fourth-order valence-electron chi connectivity index (χ4n) is 4.77. The Balaban J connectivity index is 1.83. The molecule has 9 nitrogen and oxygen atoms in total. The van der Waals surface area contributed by atoms with Crippen LogP contribution in [-0.2, 0) is 14.3 Å². The summed E-state index contributed by atoms with van der Waals surface area (Å²) in [6, 6.07) is 11.7. The molecule has 5 rings (SSSR count). The maximum Gasteiger partial charge on any atom is 0.338 e. The number of thiazole rings is 1. The third-order valence-corrected chi connectivity index (χ3v) is 7.55. The highest BCUT2D eigenvalue weighted by Gasteiger charge is 2.36. The number of ether oxygens (including phenoxy) is 3. The van der Waals surface area contributed by atoms with Crippen molar-refractivity contribution in [2.24, 2.45) is 4.99 Å². The summed E-state index contributed by atoms with van der Waals surface area (Å²) in [4.78, 5) is 47.0. The molecule has 1 amide bonds. The normalized spacial score (nSPS) is 17.8. The number of likely N-dealkylation sites (N-methyl/N-ethyl adjacent to an activating group) is 1. The van der Waals surface area contributed by atoms with E-state index in [0.29, 0.717) is 38.7 Å². The number of anilines is 1. The number of carbonyl (C=O) groups is 2. The first-order valence-corrected chi connectivity index (χ1v) is 12.5. The van der Waals surface area contributed by atoms with E-state index in [1.54, 1.807) is 39.1 Å². The largest absolute Gasteiger partial charge is 0.493 e. The number of aromatic nitrogens is 1. The molecule has 2 aromatic carbocycles. The zero-order valence-electron chi connectivity index (χ0n) is 21.0. The molecule has 0 spiro atoms. The number of rotatable bonds is 5. The first-order valence-electron chi connectivity index (χ1n) is 11.6. The van der Waals surface area contributed by atoms with Crippen LogP contribution in [0.3, 0.4) is 0 Å². The molecule has 0 aliphatic carbocycles. The minimum Gasteiger partial charge on any atom is -0.493 e. The molecule has 0 fully saturated rings. The number of fused-ring (bicyclic) bond motifs is 2. The van der Waals surface area contributed by atoms with Gasteiger partial charge in [-0.2, -0.15) is 0 Å². The van der Waals surface area contributed by atoms with E-state index in [9.17, 15) is 14.4 Å². The molecule has 0 N–H and O–H groups in total. The minimum atomic E-state index is -0.839. The van der Waals surface area contributed by atoms with Crippen LogP contribution in [0.25, 0.3) is 5.57 Å². The van der Waals surface area contributed by atoms with Crippen molar-refractivity contribution < 1.29 is 23.8 Å². The summed E-state index contributed by atoms with van der Waals surface area (Å²) in [5.41, 5.74) is 2.62. The maximum atomic E-state index is 14.0. The minimum absolute atomic E-state index is 0.167. The Labute approximate surface area is 216 Å². The number of methoxy groups -OCH3 is 2. The van der Waals surface area contributed by atoms with Gasteiger partial charge in [0.15, 0.2) is 16.3 Å². The van der Waals surface area contributed by atoms with Crippen LogP contribution in [0.2, 0.25) is 0 Å². The Morgan fingerprint density at radius 3 is 2.51 bits per heavy atom. The number of hydrogen-bond donors (Lipinski definition) is 0. The van der Waals surface area contributed by atoms with Crippen molar-refractivity contribution in [3.63, 3.8) is 0 Å². The van der Waals surface area contributed by atoms with Gasteiger partial charge in [0, 0.05) is 12.6 Å². The molecular weight excluding hydrogens is 494 g/mol. The molecule has 2 aliphatic rings. The van der Waals surface area contributed by atoms with E-state index < -0.39 is 17.6 Å². The smallest absolute Gasteiger partial charge is 0.338 e. The van der Waals surface area contributed by atoms with Crippen LogP contribution >= 0.6 is 11.3 Å². The summed E-state index contributed by atoms with van der Waals surface area (Å²) in [6.07, 6.45) is 0. The highest BCUT2D eigenvalue weighted by molar-refractivity contribution is 7.07. The number of para-hydroxylation sites is 1. The Morgan fingerprint density at radius 2 is 1.81 bits per heavy atom. The fourth-order valence-corrected chi connectivity index (χ4v) is 5.91. The number of hydrogen-bond acceptors (Lipinski definition) is 8. The van der Waals surface area contributed by atoms with Crippen LogP contribution in [0, 0.1) is 0 Å². The molecular formula is C27H25N3O6S. The van der Waals surface area contributed by atoms with Crippen molar-refractivity contribution in [3.8, 4) is 11.5 Å². The molecule has 3 aromatic rings. The molecule has 1 aromatic heterocycles. The molecule has 37 heavy (non-hydrogen) atoms. The molecule has 10 heteroatoms. The van der Waals surface area contributed by atoms with Crippen molar-refractivity contribution >= 4 is 34.5 Å². The van der Waals surface area contributed by atoms with E-state index in [2.05, 4.69) is 4.99 Å². The van der Waals surface area contributed by atoms with Crippen LogP contribution in [-0.4, -0.2) is 44.3 Å². The topological polar surface area (TPSA) is 99.4 Å². The summed E-state index contributed by atoms with van der Waals surface area (Å²) in [5, 5.41) is 0. The first-order chi connectivity index (χ1) is 17.8. The van der Waals surface area contributed by atoms with Gasteiger partial charge in [0.2, 0.25) is 0 Å². The number of amides is 1. The first kappa shape index (κ1) is 24.5. The van der Waals surface area contributed by atoms with Crippen LogP contribution in [0.15, 0.2) is 63.5 Å². The second-order valence-electron chi connectivity index (χ2n) is 8.49. The SMILES string of the molecule is CCOC(=O)C1=C(C)N=c2sc(=C3C(=O)N(C)c4ccccc43)c(=O)n2[C@H]1c1ccc(OC)c(OC)c1. The predicted molar refractivity (Wildman–Crippen MR) is 139 cm³/mol. The van der Waals surface area contributed by atoms with Gasteiger partial charge in [0.25, 0.3) is 11.5 Å². The molecule has 2 aliphatic heterocycles. The van der Waals surface area contributed by atoms with Gasteiger partial charge in [-0.25, -0.2) is 9.79 Å². The molecule has 0 radical (unpaired) electrons. The molecule has 3 heterocycles. The van der Waals surface area contributed by atoms with Gasteiger partial charge in [0.05, 0.1) is 49.4 Å². The molecule has 0 bridgehead atoms. The maximum absolute atomic E-state index is 14.0. The number of nitrogens with zero attached hydrogens (tertiary/aromatic N) is 3. The Kier molecular flexibility index (Phi) is 6.20. The van der Waals surface area contributed by atoms with Gasteiger partial charge in [0.1, 0.15) is 4.53 Å². The molecule has 0 unspecified atom stereocenters. The van der Waals surface area contributed by atoms with E-state index in [-0.39, 0.29) is 22.6 Å². The number of benzene rings is 2. The van der Waals surface area contributed by atoms with Crippen LogP contribution in [0.5, 0.6) is 11.5 Å².